The fraction of sp³-hybridized carbons (Fsp3) is 0.471. The van der Waals surface area contributed by atoms with Gasteiger partial charge in [-0.1, -0.05) is 12.8 Å². The van der Waals surface area contributed by atoms with Crippen LogP contribution in [0.3, 0.4) is 0 Å². The zero-order valence-electron chi connectivity index (χ0n) is 12.9. The molecule has 1 aliphatic carbocycles. The summed E-state index contributed by atoms with van der Waals surface area (Å²) in [5.74, 6) is 0. The number of nitrogens with two attached hydrogens (primary N) is 1. The SMILES string of the molecule is CN(C)C1(CNc2ccc(N)c3cnccc23)CCCC1. The number of aromatic nitrogens is 1. The standard InChI is InChI=1S/C17H24N4/c1-21(2)17(8-3-4-9-17)12-20-16-6-5-15(18)14-11-19-10-7-13(14)16/h5-7,10-11,20H,3-4,8-9,12,18H2,1-2H3. The van der Waals surface area contributed by atoms with Gasteiger partial charge in [-0.25, -0.2) is 0 Å². The third-order valence-electron chi connectivity index (χ3n) is 4.94. The second-order valence-electron chi connectivity index (χ2n) is 6.30. The fourth-order valence-electron chi connectivity index (χ4n) is 3.44. The number of hydrogen-bond donors (Lipinski definition) is 2. The van der Waals surface area contributed by atoms with E-state index in [1.165, 1.54) is 25.7 Å². The van der Waals surface area contributed by atoms with E-state index in [0.717, 1.165) is 28.7 Å². The Balaban J connectivity index is 1.87. The molecule has 3 rings (SSSR count). The molecule has 1 saturated carbocycles. The molecule has 1 aromatic carbocycles. The number of anilines is 2. The van der Waals surface area contributed by atoms with Gasteiger partial charge in [-0.3, -0.25) is 4.98 Å². The number of benzene rings is 1. The van der Waals surface area contributed by atoms with E-state index in [1.54, 1.807) is 0 Å². The van der Waals surface area contributed by atoms with E-state index < -0.39 is 0 Å². The van der Waals surface area contributed by atoms with Gasteiger partial charge in [-0.15, -0.1) is 0 Å². The monoisotopic (exact) mass is 284 g/mol. The van der Waals surface area contributed by atoms with Gasteiger partial charge in [0.1, 0.15) is 0 Å². The molecule has 1 aromatic heterocycles. The Morgan fingerprint density at radius 1 is 1.19 bits per heavy atom. The minimum Gasteiger partial charge on any atom is -0.398 e. The first-order valence-electron chi connectivity index (χ1n) is 7.66. The molecule has 21 heavy (non-hydrogen) atoms. The normalized spacial score (nSPS) is 17.5. The smallest absolute Gasteiger partial charge is 0.0423 e. The summed E-state index contributed by atoms with van der Waals surface area (Å²) in [6, 6.07) is 6.07. The highest BCUT2D eigenvalue weighted by atomic mass is 15.2. The number of nitrogen functional groups attached to an aromatic ring is 1. The molecule has 0 radical (unpaired) electrons. The van der Waals surface area contributed by atoms with Crippen LogP contribution in [0.25, 0.3) is 10.8 Å². The lowest BCUT2D eigenvalue weighted by Gasteiger charge is -2.37. The first kappa shape index (κ1) is 14.1. The van der Waals surface area contributed by atoms with Crippen molar-refractivity contribution in [2.75, 3.05) is 31.7 Å². The third-order valence-corrected chi connectivity index (χ3v) is 4.94. The van der Waals surface area contributed by atoms with E-state index >= 15 is 0 Å². The minimum atomic E-state index is 0.279. The maximum absolute atomic E-state index is 6.04. The molecule has 0 atom stereocenters. The van der Waals surface area contributed by atoms with Gasteiger partial charge in [0.15, 0.2) is 0 Å². The van der Waals surface area contributed by atoms with Crippen LogP contribution in [0.15, 0.2) is 30.6 Å². The van der Waals surface area contributed by atoms with E-state index in [9.17, 15) is 0 Å². The summed E-state index contributed by atoms with van der Waals surface area (Å²) in [5.41, 5.74) is 8.25. The van der Waals surface area contributed by atoms with Crippen molar-refractivity contribution in [1.82, 2.24) is 9.88 Å². The van der Waals surface area contributed by atoms with Gasteiger partial charge < -0.3 is 16.0 Å². The first-order valence-corrected chi connectivity index (χ1v) is 7.66. The fourth-order valence-corrected chi connectivity index (χ4v) is 3.44. The Morgan fingerprint density at radius 3 is 2.67 bits per heavy atom. The van der Waals surface area contributed by atoms with Gasteiger partial charge in [0.05, 0.1) is 0 Å². The maximum Gasteiger partial charge on any atom is 0.0423 e. The molecular weight excluding hydrogens is 260 g/mol. The molecule has 0 aliphatic heterocycles. The number of rotatable bonds is 4. The van der Waals surface area contributed by atoms with Crippen molar-refractivity contribution in [2.24, 2.45) is 0 Å². The Kier molecular flexibility index (Phi) is 3.72. The molecule has 112 valence electrons. The average Bonchev–Trinajstić information content (AvgIpc) is 2.97. The van der Waals surface area contributed by atoms with Crippen LogP contribution in [0.1, 0.15) is 25.7 Å². The van der Waals surface area contributed by atoms with E-state index in [-0.39, 0.29) is 5.54 Å². The van der Waals surface area contributed by atoms with Crippen LogP contribution in [0.2, 0.25) is 0 Å². The summed E-state index contributed by atoms with van der Waals surface area (Å²) in [6.45, 7) is 0.974. The number of hydrogen-bond acceptors (Lipinski definition) is 4. The molecule has 0 unspecified atom stereocenters. The Labute approximate surface area is 126 Å². The van der Waals surface area contributed by atoms with Crippen LogP contribution in [-0.4, -0.2) is 36.1 Å². The van der Waals surface area contributed by atoms with Crippen LogP contribution in [0.4, 0.5) is 11.4 Å². The summed E-state index contributed by atoms with van der Waals surface area (Å²) in [6.07, 6.45) is 8.85. The van der Waals surface area contributed by atoms with Gasteiger partial charge in [-0.05, 0) is 45.1 Å². The van der Waals surface area contributed by atoms with Crippen molar-refractivity contribution < 1.29 is 0 Å². The topological polar surface area (TPSA) is 54.2 Å². The number of fused-ring (bicyclic) bond motifs is 1. The molecule has 0 spiro atoms. The lowest BCUT2D eigenvalue weighted by atomic mass is 9.95. The van der Waals surface area contributed by atoms with Crippen LogP contribution >= 0.6 is 0 Å². The zero-order valence-corrected chi connectivity index (χ0v) is 12.9. The predicted molar refractivity (Wildman–Crippen MR) is 89.5 cm³/mol. The number of pyridine rings is 1. The molecule has 4 nitrogen and oxygen atoms in total. The van der Waals surface area contributed by atoms with Gasteiger partial charge in [0.2, 0.25) is 0 Å². The summed E-state index contributed by atoms with van der Waals surface area (Å²) in [5, 5.41) is 5.83. The number of nitrogens with zero attached hydrogens (tertiary/aromatic N) is 2. The first-order chi connectivity index (χ1) is 10.1. The van der Waals surface area contributed by atoms with Crippen molar-refractivity contribution in [2.45, 2.75) is 31.2 Å². The highest BCUT2D eigenvalue weighted by Crippen LogP contribution is 2.35. The molecule has 0 amide bonds. The number of nitrogens with one attached hydrogen (secondary N) is 1. The molecule has 0 saturated heterocycles. The molecule has 3 N–H and O–H groups in total. The molecule has 1 heterocycles. The van der Waals surface area contributed by atoms with Crippen molar-refractivity contribution in [3.63, 3.8) is 0 Å². The predicted octanol–water partition coefficient (Wildman–Crippen LogP) is 3.10. The van der Waals surface area contributed by atoms with Crippen molar-refractivity contribution in [3.8, 4) is 0 Å². The van der Waals surface area contributed by atoms with E-state index in [2.05, 4.69) is 35.4 Å². The van der Waals surface area contributed by atoms with Crippen LogP contribution in [0.5, 0.6) is 0 Å². The average molecular weight is 284 g/mol. The molecule has 1 aliphatic rings. The summed E-state index contributed by atoms with van der Waals surface area (Å²) in [7, 11) is 4.38. The van der Waals surface area contributed by atoms with Gasteiger partial charge in [-0.2, -0.15) is 0 Å². The lowest BCUT2D eigenvalue weighted by molar-refractivity contribution is 0.172. The third kappa shape index (κ3) is 2.56. The number of likely N-dealkylation sites (N-methyl/N-ethyl adjacent to an activating group) is 1. The van der Waals surface area contributed by atoms with E-state index in [1.807, 2.05) is 24.5 Å². The lowest BCUT2D eigenvalue weighted by Crippen LogP contribution is -2.47. The largest absolute Gasteiger partial charge is 0.398 e. The second-order valence-corrected chi connectivity index (χ2v) is 6.30. The quantitative estimate of drug-likeness (QED) is 0.847. The van der Waals surface area contributed by atoms with Gasteiger partial charge in [0, 0.05) is 46.6 Å². The maximum atomic E-state index is 6.04. The van der Waals surface area contributed by atoms with E-state index in [0.29, 0.717) is 0 Å². The Bertz CT molecular complexity index is 630. The van der Waals surface area contributed by atoms with Crippen LogP contribution < -0.4 is 11.1 Å². The highest BCUT2D eigenvalue weighted by molar-refractivity contribution is 6.00. The summed E-state index contributed by atoms with van der Waals surface area (Å²) in [4.78, 5) is 6.56. The Morgan fingerprint density at radius 2 is 1.95 bits per heavy atom. The van der Waals surface area contributed by atoms with Gasteiger partial charge in [0.25, 0.3) is 0 Å². The van der Waals surface area contributed by atoms with Crippen molar-refractivity contribution in [3.05, 3.63) is 30.6 Å². The highest BCUT2D eigenvalue weighted by Gasteiger charge is 2.35. The molecular formula is C17H24N4. The Hall–Kier alpha value is -1.81. The molecule has 1 fully saturated rings. The summed E-state index contributed by atoms with van der Waals surface area (Å²) >= 11 is 0. The van der Waals surface area contributed by atoms with Crippen LogP contribution in [0, 0.1) is 0 Å². The summed E-state index contributed by atoms with van der Waals surface area (Å²) < 4.78 is 0. The molecule has 0 bridgehead atoms. The minimum absolute atomic E-state index is 0.279. The van der Waals surface area contributed by atoms with Gasteiger partial charge >= 0.3 is 0 Å². The second kappa shape index (κ2) is 5.53. The van der Waals surface area contributed by atoms with Crippen LogP contribution in [-0.2, 0) is 0 Å². The van der Waals surface area contributed by atoms with Crippen molar-refractivity contribution in [1.29, 1.82) is 0 Å². The van der Waals surface area contributed by atoms with Crippen molar-refractivity contribution >= 4 is 22.1 Å². The molecule has 2 aromatic rings. The molecule has 4 heteroatoms. The van der Waals surface area contributed by atoms with E-state index in [4.69, 9.17) is 5.73 Å². The zero-order chi connectivity index (χ0) is 14.9.